The lowest BCUT2D eigenvalue weighted by atomic mass is 9.88. The summed E-state index contributed by atoms with van der Waals surface area (Å²) in [5.41, 5.74) is -0.467. The number of aromatic amines is 1. The largest absolute Gasteiger partial charge is 0.508 e. The Labute approximate surface area is 358 Å². The number of aliphatic hydroxyl groups excluding tert-OH is 3. The van der Waals surface area contributed by atoms with Gasteiger partial charge in [0.05, 0.1) is 17.7 Å². The molecule has 2 fully saturated rings. The summed E-state index contributed by atoms with van der Waals surface area (Å²) >= 11 is 10.9. The predicted octanol–water partition coefficient (Wildman–Crippen LogP) is 2.13. The highest BCUT2D eigenvalue weighted by Crippen LogP contribution is 2.51. The van der Waals surface area contributed by atoms with E-state index in [2.05, 4.69) is 15.6 Å². The van der Waals surface area contributed by atoms with Crippen LogP contribution in [0.1, 0.15) is 63.7 Å². The minimum atomic E-state index is -3.28. The molecule has 3 heterocycles. The van der Waals surface area contributed by atoms with Gasteiger partial charge in [0.15, 0.2) is 12.8 Å². The number of benzene rings is 1. The first-order valence-electron chi connectivity index (χ1n) is 19.8. The van der Waals surface area contributed by atoms with E-state index in [1.807, 2.05) is 42.5 Å². The van der Waals surface area contributed by atoms with Crippen molar-refractivity contribution < 1.29 is 58.0 Å². The molecule has 2 aliphatic heterocycles. The van der Waals surface area contributed by atoms with Crippen LogP contribution in [-0.4, -0.2) is 123 Å². The predicted molar refractivity (Wildman–Crippen MR) is 227 cm³/mol. The van der Waals surface area contributed by atoms with Gasteiger partial charge < -0.3 is 59.1 Å². The van der Waals surface area contributed by atoms with Gasteiger partial charge in [-0.15, -0.1) is 0 Å². The molecule has 1 aromatic heterocycles. The number of carbonyl (C=O) groups excluding carboxylic acids is 2. The molecule has 2 saturated heterocycles. The van der Waals surface area contributed by atoms with Crippen molar-refractivity contribution in [2.45, 2.75) is 101 Å². The molecule has 7 N–H and O–H groups in total. The summed E-state index contributed by atoms with van der Waals surface area (Å²) in [6.45, 7) is -1.85. The zero-order valence-electron chi connectivity index (χ0n) is 33.7. The molecule has 2 unspecified atom stereocenters. The maximum absolute atomic E-state index is 12.9. The van der Waals surface area contributed by atoms with Crippen LogP contribution in [0.2, 0.25) is 0 Å². The lowest BCUT2D eigenvalue weighted by Crippen LogP contribution is -2.64. The van der Waals surface area contributed by atoms with E-state index in [1.165, 1.54) is 30.9 Å². The van der Waals surface area contributed by atoms with Gasteiger partial charge in [-0.3, -0.25) is 19.1 Å². The highest BCUT2D eigenvalue weighted by molar-refractivity contribution is 8.09. The van der Waals surface area contributed by atoms with E-state index in [4.69, 9.17) is 52.2 Å². The highest BCUT2D eigenvalue weighted by Gasteiger charge is 2.48. The van der Waals surface area contributed by atoms with Crippen LogP contribution in [0, 0.1) is 11.8 Å². The molecular formula is C39H57N4O14PS2. The summed E-state index contributed by atoms with van der Waals surface area (Å²) in [5, 5.41) is 35.9. The minimum Gasteiger partial charge on any atom is -0.432 e. The molecule has 0 bridgehead atoms. The Morgan fingerprint density at radius 2 is 1.77 bits per heavy atom. The third-order valence-electron chi connectivity index (χ3n) is 10.2. The highest BCUT2D eigenvalue weighted by atomic mass is 32.5. The maximum Gasteiger partial charge on any atom is 0.508 e. The maximum atomic E-state index is 12.9. The van der Waals surface area contributed by atoms with E-state index in [1.54, 1.807) is 0 Å². The van der Waals surface area contributed by atoms with Gasteiger partial charge in [-0.05, 0) is 62.3 Å². The van der Waals surface area contributed by atoms with Crippen molar-refractivity contribution in [2.24, 2.45) is 11.8 Å². The minimum absolute atomic E-state index is 0.00766. The molecule has 1 amide bonds. The standard InChI is InChI=1S/C39H57N4O14PS2/c1-25(45)41-33-35(48)34(47)29(21-44)57-37(33)53-20-12-10-16-32(59)40-18-11-5-3-4-9-15-27-28(24-58(51,60)52-2)30(56-36(27)43-19-17-31(46)42-38(43)49)23-55-39(50)54-22-26-13-7-6-8-14-26/h4,6-9,13-14,17,19,27-30,33-37,44,47-48H,3,5,10-12,15-16,18,20-24H2,1-2H3,(H,40,59)(H,41,45)(H,51,60)(H,42,46,49)/b9-4+/t27-,28?,29+,30+,33+,34-,35+,36+,37+,58?/m0/s1. The molecule has 60 heavy (non-hydrogen) atoms. The molecule has 2 aliphatic rings. The molecule has 18 nitrogen and oxygen atoms in total. The molecule has 10 atom stereocenters. The van der Waals surface area contributed by atoms with Crippen LogP contribution in [0.5, 0.6) is 0 Å². The van der Waals surface area contributed by atoms with Crippen LogP contribution in [0.3, 0.4) is 0 Å². The van der Waals surface area contributed by atoms with Crippen LogP contribution in [-0.2, 0) is 51.4 Å². The number of rotatable bonds is 23. The third kappa shape index (κ3) is 15.5. The lowest BCUT2D eigenvalue weighted by molar-refractivity contribution is -0.270. The molecule has 1 aromatic carbocycles. The van der Waals surface area contributed by atoms with Crippen molar-refractivity contribution >= 4 is 47.6 Å². The second-order valence-electron chi connectivity index (χ2n) is 14.6. The number of hydrogen-bond donors (Lipinski definition) is 7. The van der Waals surface area contributed by atoms with E-state index < -0.39 is 91.2 Å². The number of nitrogens with zero attached hydrogens (tertiary/aromatic N) is 1. The van der Waals surface area contributed by atoms with Gasteiger partial charge in [-0.2, -0.15) is 0 Å². The van der Waals surface area contributed by atoms with Gasteiger partial charge >= 0.3 is 11.8 Å². The number of nitrogens with one attached hydrogen (secondary N) is 3. The van der Waals surface area contributed by atoms with Crippen LogP contribution < -0.4 is 21.9 Å². The van der Waals surface area contributed by atoms with Gasteiger partial charge in [-0.1, -0.05) is 54.7 Å². The normalized spacial score (nSPS) is 26.3. The Bertz CT molecular complexity index is 1870. The van der Waals surface area contributed by atoms with Crippen molar-refractivity contribution in [2.75, 3.05) is 39.6 Å². The number of carbonyl (C=O) groups is 2. The molecule has 0 radical (unpaired) electrons. The lowest BCUT2D eigenvalue weighted by Gasteiger charge is -2.42. The number of amides is 1. The number of unbranched alkanes of at least 4 members (excludes halogenated alkanes) is 3. The molecule has 4 rings (SSSR count). The SMILES string of the molecule is COP(O)(=S)CC1[C@@H](COC(=O)OCc2ccccc2)O[C@@H](n2ccc(=O)[nH]c2=O)[C@H]1C/C=C/CCCCNC(=S)CCCCO[C@@H]1O[C@H](CO)[C@H](O)[C@H](O)[C@H]1NC(C)=O. The van der Waals surface area contributed by atoms with E-state index in [-0.39, 0.29) is 26.0 Å². The summed E-state index contributed by atoms with van der Waals surface area (Å²) in [6.07, 6.45) is 2.71. The Morgan fingerprint density at radius 1 is 1.00 bits per heavy atom. The molecular weight excluding hydrogens is 844 g/mol. The van der Waals surface area contributed by atoms with E-state index in [0.717, 1.165) is 24.8 Å². The van der Waals surface area contributed by atoms with Crippen molar-refractivity contribution in [3.63, 3.8) is 0 Å². The van der Waals surface area contributed by atoms with Gasteiger partial charge in [0, 0.05) is 57.4 Å². The number of ether oxygens (including phenoxy) is 5. The first-order valence-corrected chi connectivity index (χ1v) is 23.1. The zero-order valence-corrected chi connectivity index (χ0v) is 36.2. The average Bonchev–Trinajstić information content (AvgIpc) is 3.54. The number of aromatic nitrogens is 2. The first-order chi connectivity index (χ1) is 28.7. The Morgan fingerprint density at radius 3 is 2.47 bits per heavy atom. The molecule has 2 aromatic rings. The Kier molecular flexibility index (Phi) is 20.4. The summed E-state index contributed by atoms with van der Waals surface area (Å²) < 4.78 is 34.9. The number of H-pyrrole nitrogens is 1. The number of aliphatic hydroxyl groups is 3. The Balaban J connectivity index is 1.24. The third-order valence-corrected chi connectivity index (χ3v) is 12.8. The summed E-state index contributed by atoms with van der Waals surface area (Å²) in [6, 6.07) is 9.33. The van der Waals surface area contributed by atoms with E-state index in [9.17, 15) is 39.4 Å². The molecule has 0 spiro atoms. The molecule has 0 aliphatic carbocycles. The van der Waals surface area contributed by atoms with Gasteiger partial charge in [0.1, 0.15) is 43.8 Å². The molecule has 0 saturated carbocycles. The van der Waals surface area contributed by atoms with Crippen molar-refractivity contribution in [1.29, 1.82) is 0 Å². The van der Waals surface area contributed by atoms with Gasteiger partial charge in [0.2, 0.25) is 5.91 Å². The van der Waals surface area contributed by atoms with Crippen LogP contribution >= 0.6 is 18.7 Å². The smallest absolute Gasteiger partial charge is 0.432 e. The monoisotopic (exact) mass is 900 g/mol. The van der Waals surface area contributed by atoms with E-state index >= 15 is 0 Å². The van der Waals surface area contributed by atoms with Crippen molar-refractivity contribution in [1.82, 2.24) is 20.2 Å². The first kappa shape index (κ1) is 49.3. The summed E-state index contributed by atoms with van der Waals surface area (Å²) in [4.78, 5) is 62.8. The van der Waals surface area contributed by atoms with Crippen LogP contribution in [0.15, 0.2) is 64.3 Å². The van der Waals surface area contributed by atoms with Crippen LogP contribution in [0.25, 0.3) is 0 Å². The fourth-order valence-electron chi connectivity index (χ4n) is 7.00. The fourth-order valence-corrected chi connectivity index (χ4v) is 8.95. The summed E-state index contributed by atoms with van der Waals surface area (Å²) in [7, 11) is 1.33. The number of allylic oxidation sites excluding steroid dienone is 2. The fraction of sp³-hybridized carbons (Fsp3) is 0.615. The van der Waals surface area contributed by atoms with Crippen molar-refractivity contribution in [3.8, 4) is 0 Å². The van der Waals surface area contributed by atoms with Crippen molar-refractivity contribution in [3.05, 3.63) is 81.1 Å². The number of hydrogen-bond acceptors (Lipinski definition) is 15. The van der Waals surface area contributed by atoms with E-state index in [0.29, 0.717) is 37.2 Å². The number of thiocarbonyl (C=S) groups is 1. The summed E-state index contributed by atoms with van der Waals surface area (Å²) in [5.74, 6) is -1.36. The molecule has 21 heteroatoms. The van der Waals surface area contributed by atoms with Crippen LogP contribution in [0.4, 0.5) is 4.79 Å². The Hall–Kier alpha value is -3.40. The average molecular weight is 901 g/mol. The topological polar surface area (TPSA) is 249 Å². The molecule has 334 valence electrons. The quantitative estimate of drug-likeness (QED) is 0.0278. The van der Waals surface area contributed by atoms with Gasteiger partial charge in [0.25, 0.3) is 5.56 Å². The second-order valence-corrected chi connectivity index (χ2v) is 18.8. The second kappa shape index (κ2) is 24.9. The van der Waals surface area contributed by atoms with Gasteiger partial charge in [-0.25, -0.2) is 9.59 Å². The zero-order chi connectivity index (χ0) is 43.7.